The van der Waals surface area contributed by atoms with Gasteiger partial charge >= 0.3 is 6.09 Å². The maximum absolute atomic E-state index is 11.7. The molecule has 19 heavy (non-hydrogen) atoms. The van der Waals surface area contributed by atoms with E-state index < -0.39 is 17.2 Å². The Bertz CT molecular complexity index is 324. The summed E-state index contributed by atoms with van der Waals surface area (Å²) in [6.45, 7) is 8.68. The van der Waals surface area contributed by atoms with E-state index in [4.69, 9.17) is 9.47 Å². The first kappa shape index (κ1) is 16.0. The van der Waals surface area contributed by atoms with Crippen molar-refractivity contribution in [3.05, 3.63) is 0 Å². The van der Waals surface area contributed by atoms with E-state index in [-0.39, 0.29) is 5.92 Å². The molecule has 0 aliphatic heterocycles. The second-order valence-corrected chi connectivity index (χ2v) is 6.11. The zero-order chi connectivity index (χ0) is 14.5. The van der Waals surface area contributed by atoms with Crippen LogP contribution in [0.25, 0.3) is 0 Å². The van der Waals surface area contributed by atoms with E-state index in [0.29, 0.717) is 19.6 Å². The SMILES string of the molecule is CCCCOC[C@H]1C[C@]1(C=O)NC(=O)OC(C)(C)C. The number of unbranched alkanes of at least 4 members (excludes halogenated alkanes) is 1. The Kier molecular flexibility index (Phi) is 5.35. The lowest BCUT2D eigenvalue weighted by molar-refractivity contribution is -0.111. The van der Waals surface area contributed by atoms with Crippen LogP contribution in [0.15, 0.2) is 0 Å². The molecule has 1 fully saturated rings. The number of nitrogens with one attached hydrogen (secondary N) is 1. The molecule has 5 heteroatoms. The molecule has 0 aromatic heterocycles. The number of hydrogen-bond acceptors (Lipinski definition) is 4. The van der Waals surface area contributed by atoms with Crippen LogP contribution in [0.4, 0.5) is 4.79 Å². The van der Waals surface area contributed by atoms with Crippen molar-refractivity contribution in [3.63, 3.8) is 0 Å². The smallest absolute Gasteiger partial charge is 0.408 e. The van der Waals surface area contributed by atoms with E-state index in [1.165, 1.54) is 0 Å². The molecule has 0 heterocycles. The highest BCUT2D eigenvalue weighted by atomic mass is 16.6. The molecule has 2 atom stereocenters. The largest absolute Gasteiger partial charge is 0.444 e. The van der Waals surface area contributed by atoms with Crippen molar-refractivity contribution in [2.24, 2.45) is 5.92 Å². The normalized spacial score (nSPS) is 25.8. The highest BCUT2D eigenvalue weighted by Crippen LogP contribution is 2.42. The summed E-state index contributed by atoms with van der Waals surface area (Å²) in [6.07, 6.45) is 2.97. The van der Waals surface area contributed by atoms with Gasteiger partial charge in [-0.2, -0.15) is 0 Å². The molecule has 1 aliphatic rings. The fourth-order valence-electron chi connectivity index (χ4n) is 1.85. The molecule has 1 rings (SSSR count). The summed E-state index contributed by atoms with van der Waals surface area (Å²) in [5.41, 5.74) is -1.34. The molecular formula is C14H25NO4. The van der Waals surface area contributed by atoms with E-state index in [1.54, 1.807) is 20.8 Å². The molecule has 1 aliphatic carbocycles. The summed E-state index contributed by atoms with van der Waals surface area (Å²) in [6, 6.07) is 0. The number of carbonyl (C=O) groups excluding carboxylic acids is 2. The van der Waals surface area contributed by atoms with Crippen LogP contribution in [-0.4, -0.2) is 36.7 Å². The van der Waals surface area contributed by atoms with Crippen molar-refractivity contribution >= 4 is 12.4 Å². The topological polar surface area (TPSA) is 64.6 Å². The summed E-state index contributed by atoms with van der Waals surface area (Å²) in [5, 5.41) is 2.66. The molecule has 0 unspecified atom stereocenters. The Balaban J connectivity index is 2.35. The van der Waals surface area contributed by atoms with E-state index >= 15 is 0 Å². The van der Waals surface area contributed by atoms with E-state index in [1.807, 2.05) is 0 Å². The van der Waals surface area contributed by atoms with Crippen LogP contribution in [0.2, 0.25) is 0 Å². The molecule has 1 N–H and O–H groups in total. The molecule has 1 amide bonds. The second kappa shape index (κ2) is 6.37. The fourth-order valence-corrected chi connectivity index (χ4v) is 1.85. The van der Waals surface area contributed by atoms with Gasteiger partial charge in [0.25, 0.3) is 0 Å². The Morgan fingerprint density at radius 2 is 2.16 bits per heavy atom. The minimum atomic E-state index is -0.783. The van der Waals surface area contributed by atoms with Gasteiger partial charge in [-0.15, -0.1) is 0 Å². The number of rotatable bonds is 7. The number of alkyl carbamates (subject to hydrolysis) is 1. The average molecular weight is 271 g/mol. The van der Waals surface area contributed by atoms with Gasteiger partial charge in [-0.05, 0) is 33.6 Å². The summed E-state index contributed by atoms with van der Waals surface area (Å²) >= 11 is 0. The first-order valence-electron chi connectivity index (χ1n) is 6.88. The summed E-state index contributed by atoms with van der Waals surface area (Å²) in [4.78, 5) is 22.8. The Labute approximate surface area is 115 Å². The van der Waals surface area contributed by atoms with Crippen LogP contribution in [0, 0.1) is 5.92 Å². The van der Waals surface area contributed by atoms with Gasteiger partial charge in [0, 0.05) is 12.5 Å². The van der Waals surface area contributed by atoms with E-state index in [2.05, 4.69) is 12.2 Å². The number of hydrogen-bond donors (Lipinski definition) is 1. The van der Waals surface area contributed by atoms with Gasteiger partial charge < -0.3 is 19.6 Å². The maximum Gasteiger partial charge on any atom is 0.408 e. The number of ether oxygens (including phenoxy) is 2. The maximum atomic E-state index is 11.7. The van der Waals surface area contributed by atoms with Crippen molar-refractivity contribution < 1.29 is 19.1 Å². The van der Waals surface area contributed by atoms with Gasteiger partial charge in [-0.3, -0.25) is 0 Å². The zero-order valence-corrected chi connectivity index (χ0v) is 12.3. The minimum Gasteiger partial charge on any atom is -0.444 e. The summed E-state index contributed by atoms with van der Waals surface area (Å²) in [7, 11) is 0. The van der Waals surface area contributed by atoms with Crippen LogP contribution in [0.5, 0.6) is 0 Å². The van der Waals surface area contributed by atoms with Gasteiger partial charge in [0.05, 0.1) is 6.61 Å². The first-order valence-corrected chi connectivity index (χ1v) is 6.88. The lowest BCUT2D eigenvalue weighted by atomic mass is 10.2. The third-order valence-electron chi connectivity index (χ3n) is 3.06. The number of aldehydes is 1. The predicted molar refractivity (Wildman–Crippen MR) is 72.0 cm³/mol. The van der Waals surface area contributed by atoms with Crippen molar-refractivity contribution in [3.8, 4) is 0 Å². The molecule has 0 radical (unpaired) electrons. The van der Waals surface area contributed by atoms with Crippen LogP contribution in [-0.2, 0) is 14.3 Å². The Morgan fingerprint density at radius 1 is 1.47 bits per heavy atom. The third kappa shape index (κ3) is 5.19. The van der Waals surface area contributed by atoms with Crippen molar-refractivity contribution in [1.29, 1.82) is 0 Å². The monoisotopic (exact) mass is 271 g/mol. The van der Waals surface area contributed by atoms with Crippen molar-refractivity contribution in [2.75, 3.05) is 13.2 Å². The number of carbonyl (C=O) groups is 2. The lowest BCUT2D eigenvalue weighted by Crippen LogP contribution is -2.43. The Morgan fingerprint density at radius 3 is 2.68 bits per heavy atom. The van der Waals surface area contributed by atoms with Gasteiger partial charge in [-0.1, -0.05) is 13.3 Å². The summed E-state index contributed by atoms with van der Waals surface area (Å²) in [5.74, 6) is 0.0642. The highest BCUT2D eigenvalue weighted by Gasteiger charge is 2.56. The standard InChI is InChI=1S/C14H25NO4/c1-5-6-7-18-9-11-8-14(11,10-16)15-12(17)19-13(2,3)4/h10-11H,5-9H2,1-4H3,(H,15,17)/t11-,14-/m1/s1. The molecule has 0 aromatic rings. The molecule has 5 nitrogen and oxygen atoms in total. The highest BCUT2D eigenvalue weighted by molar-refractivity contribution is 5.80. The van der Waals surface area contributed by atoms with Gasteiger partial charge in [-0.25, -0.2) is 4.79 Å². The molecule has 0 aromatic carbocycles. The van der Waals surface area contributed by atoms with Crippen LogP contribution >= 0.6 is 0 Å². The zero-order valence-electron chi connectivity index (χ0n) is 12.3. The fraction of sp³-hybridized carbons (Fsp3) is 0.857. The van der Waals surface area contributed by atoms with E-state index in [0.717, 1.165) is 19.1 Å². The predicted octanol–water partition coefficient (Wildman–Crippen LogP) is 2.29. The van der Waals surface area contributed by atoms with Crippen LogP contribution < -0.4 is 5.32 Å². The Hall–Kier alpha value is -1.10. The van der Waals surface area contributed by atoms with Crippen molar-refractivity contribution in [1.82, 2.24) is 5.32 Å². The molecule has 0 saturated heterocycles. The molecule has 1 saturated carbocycles. The van der Waals surface area contributed by atoms with Crippen molar-refractivity contribution in [2.45, 2.75) is 58.1 Å². The van der Waals surface area contributed by atoms with Gasteiger partial charge in [0.2, 0.25) is 0 Å². The van der Waals surface area contributed by atoms with Gasteiger partial charge in [0.15, 0.2) is 0 Å². The average Bonchev–Trinajstić information content (AvgIpc) is 2.96. The quantitative estimate of drug-likeness (QED) is 0.570. The molecule has 0 spiro atoms. The first-order chi connectivity index (χ1) is 8.83. The summed E-state index contributed by atoms with van der Waals surface area (Å²) < 4.78 is 10.6. The van der Waals surface area contributed by atoms with Crippen LogP contribution in [0.1, 0.15) is 47.0 Å². The number of amides is 1. The lowest BCUT2D eigenvalue weighted by Gasteiger charge is -2.21. The van der Waals surface area contributed by atoms with Gasteiger partial charge in [0.1, 0.15) is 17.4 Å². The van der Waals surface area contributed by atoms with E-state index in [9.17, 15) is 9.59 Å². The van der Waals surface area contributed by atoms with Crippen LogP contribution in [0.3, 0.4) is 0 Å². The molecule has 110 valence electrons. The third-order valence-corrected chi connectivity index (χ3v) is 3.06. The second-order valence-electron chi connectivity index (χ2n) is 6.11. The molecular weight excluding hydrogens is 246 g/mol. The molecule has 0 bridgehead atoms. The minimum absolute atomic E-state index is 0.0642.